The minimum Gasteiger partial charge on any atom is -0.308 e. The number of carbonyl (C=O) groups excluding carboxylic acids is 1. The second-order valence-corrected chi connectivity index (χ2v) is 7.82. The molecule has 2 saturated heterocycles. The van der Waals surface area contributed by atoms with Gasteiger partial charge in [-0.05, 0) is 25.5 Å². The van der Waals surface area contributed by atoms with E-state index < -0.39 is 9.84 Å². The number of anilines is 1. The second kappa shape index (κ2) is 4.07. The number of hydrogen-bond acceptors (Lipinski definition) is 3. The van der Waals surface area contributed by atoms with Crippen LogP contribution in [0.5, 0.6) is 0 Å². The molecule has 0 aliphatic carbocycles. The number of amides is 1. The molecule has 1 amide bonds. The summed E-state index contributed by atoms with van der Waals surface area (Å²) >= 11 is 0. The summed E-state index contributed by atoms with van der Waals surface area (Å²) < 4.78 is 23.5. The van der Waals surface area contributed by atoms with Crippen molar-refractivity contribution in [3.8, 4) is 0 Å². The number of benzene rings is 1. The van der Waals surface area contributed by atoms with E-state index in [9.17, 15) is 13.2 Å². The summed E-state index contributed by atoms with van der Waals surface area (Å²) in [4.78, 5) is 13.9. The Morgan fingerprint density at radius 1 is 1.21 bits per heavy atom. The van der Waals surface area contributed by atoms with E-state index in [4.69, 9.17) is 0 Å². The number of aryl methyl sites for hydroxylation is 2. The first-order valence-electron chi connectivity index (χ1n) is 6.47. The van der Waals surface area contributed by atoms with Crippen molar-refractivity contribution in [1.29, 1.82) is 0 Å². The van der Waals surface area contributed by atoms with Gasteiger partial charge in [-0.1, -0.05) is 17.7 Å². The third kappa shape index (κ3) is 2.06. The number of carbonyl (C=O) groups is 1. The zero-order valence-corrected chi connectivity index (χ0v) is 11.9. The molecule has 2 aliphatic heterocycles. The smallest absolute Gasteiger partial charge is 0.227 e. The van der Waals surface area contributed by atoms with Gasteiger partial charge >= 0.3 is 0 Å². The molecule has 102 valence electrons. The Morgan fingerprint density at radius 2 is 1.95 bits per heavy atom. The largest absolute Gasteiger partial charge is 0.308 e. The molecule has 1 aromatic rings. The molecule has 2 heterocycles. The van der Waals surface area contributed by atoms with E-state index in [2.05, 4.69) is 0 Å². The molecule has 0 bridgehead atoms. The van der Waals surface area contributed by atoms with E-state index >= 15 is 0 Å². The number of sulfone groups is 1. The quantitative estimate of drug-likeness (QED) is 0.782. The van der Waals surface area contributed by atoms with Crippen LogP contribution in [0.25, 0.3) is 0 Å². The number of hydrogen-bond donors (Lipinski definition) is 0. The highest BCUT2D eigenvalue weighted by molar-refractivity contribution is 7.91. The molecule has 2 aliphatic rings. The molecule has 0 saturated carbocycles. The second-order valence-electron chi connectivity index (χ2n) is 5.66. The van der Waals surface area contributed by atoms with Crippen LogP contribution < -0.4 is 4.90 Å². The van der Waals surface area contributed by atoms with Crippen molar-refractivity contribution in [3.63, 3.8) is 0 Å². The standard InChI is InChI=1S/C14H17NO3S/c1-9-3-4-12(10(2)5-9)15-13-8-19(17,18)7-11(13)6-14(15)16/h3-5,11,13H,6-8H2,1-2H3/t11-,13-/m1/s1. The van der Waals surface area contributed by atoms with Gasteiger partial charge < -0.3 is 4.90 Å². The molecule has 2 fully saturated rings. The lowest BCUT2D eigenvalue weighted by Crippen LogP contribution is -2.36. The maximum absolute atomic E-state index is 12.2. The van der Waals surface area contributed by atoms with Crippen molar-refractivity contribution >= 4 is 21.4 Å². The van der Waals surface area contributed by atoms with Crippen molar-refractivity contribution in [1.82, 2.24) is 0 Å². The fraction of sp³-hybridized carbons (Fsp3) is 0.500. The molecular formula is C14H17NO3S. The van der Waals surface area contributed by atoms with Gasteiger partial charge in [0.1, 0.15) is 0 Å². The van der Waals surface area contributed by atoms with Crippen LogP contribution in [0.3, 0.4) is 0 Å². The lowest BCUT2D eigenvalue weighted by atomic mass is 10.0. The summed E-state index contributed by atoms with van der Waals surface area (Å²) in [6, 6.07) is 5.75. The van der Waals surface area contributed by atoms with E-state index in [1.165, 1.54) is 0 Å². The van der Waals surface area contributed by atoms with Crippen LogP contribution in [0.4, 0.5) is 5.69 Å². The van der Waals surface area contributed by atoms with Crippen molar-refractivity contribution < 1.29 is 13.2 Å². The minimum atomic E-state index is -2.98. The van der Waals surface area contributed by atoms with Gasteiger partial charge in [0.05, 0.1) is 17.5 Å². The van der Waals surface area contributed by atoms with Gasteiger partial charge in [-0.15, -0.1) is 0 Å². The molecule has 0 unspecified atom stereocenters. The van der Waals surface area contributed by atoms with E-state index in [-0.39, 0.29) is 29.4 Å². The molecule has 4 nitrogen and oxygen atoms in total. The highest BCUT2D eigenvalue weighted by Gasteiger charge is 2.49. The van der Waals surface area contributed by atoms with Crippen LogP contribution in [0.2, 0.25) is 0 Å². The molecule has 0 aromatic heterocycles. The molecule has 0 N–H and O–H groups in total. The topological polar surface area (TPSA) is 54.5 Å². The molecule has 19 heavy (non-hydrogen) atoms. The summed E-state index contributed by atoms with van der Waals surface area (Å²) in [5.41, 5.74) is 3.03. The van der Waals surface area contributed by atoms with Gasteiger partial charge in [0, 0.05) is 18.0 Å². The first-order chi connectivity index (χ1) is 8.87. The third-order valence-electron chi connectivity index (χ3n) is 4.09. The third-order valence-corrected chi connectivity index (χ3v) is 5.87. The van der Waals surface area contributed by atoms with Gasteiger partial charge in [-0.3, -0.25) is 4.79 Å². The van der Waals surface area contributed by atoms with Crippen molar-refractivity contribution in [2.75, 3.05) is 16.4 Å². The van der Waals surface area contributed by atoms with E-state index in [0.29, 0.717) is 6.42 Å². The number of fused-ring (bicyclic) bond motifs is 1. The summed E-state index contributed by atoms with van der Waals surface area (Å²) in [7, 11) is -2.98. The Bertz CT molecular complexity index is 651. The lowest BCUT2D eigenvalue weighted by Gasteiger charge is -2.25. The molecule has 1 aromatic carbocycles. The van der Waals surface area contributed by atoms with Crippen LogP contribution in [-0.4, -0.2) is 31.9 Å². The number of rotatable bonds is 1. The normalized spacial score (nSPS) is 28.7. The van der Waals surface area contributed by atoms with Crippen LogP contribution in [0.15, 0.2) is 18.2 Å². The Kier molecular flexibility index (Phi) is 2.71. The molecule has 0 radical (unpaired) electrons. The van der Waals surface area contributed by atoms with E-state index in [1.807, 2.05) is 32.0 Å². The molecule has 3 rings (SSSR count). The zero-order valence-electron chi connectivity index (χ0n) is 11.1. The average Bonchev–Trinajstić information content (AvgIpc) is 2.70. The first kappa shape index (κ1) is 12.7. The zero-order chi connectivity index (χ0) is 13.8. The van der Waals surface area contributed by atoms with Gasteiger partial charge in [-0.25, -0.2) is 8.42 Å². The Balaban J connectivity index is 2.02. The van der Waals surface area contributed by atoms with Crippen molar-refractivity contribution in [3.05, 3.63) is 29.3 Å². The maximum Gasteiger partial charge on any atom is 0.227 e. The highest BCUT2D eigenvalue weighted by Crippen LogP contribution is 2.38. The van der Waals surface area contributed by atoms with E-state index in [0.717, 1.165) is 16.8 Å². The van der Waals surface area contributed by atoms with Crippen LogP contribution in [0.1, 0.15) is 17.5 Å². The van der Waals surface area contributed by atoms with Crippen LogP contribution >= 0.6 is 0 Å². The van der Waals surface area contributed by atoms with Crippen molar-refractivity contribution in [2.24, 2.45) is 5.92 Å². The minimum absolute atomic E-state index is 0.0294. The van der Waals surface area contributed by atoms with Gasteiger partial charge in [0.25, 0.3) is 0 Å². The Hall–Kier alpha value is -1.36. The summed E-state index contributed by atoms with van der Waals surface area (Å²) in [6.07, 6.45) is 0.358. The Labute approximate surface area is 113 Å². The predicted molar refractivity (Wildman–Crippen MR) is 74.0 cm³/mol. The molecular weight excluding hydrogens is 262 g/mol. The van der Waals surface area contributed by atoms with E-state index in [1.54, 1.807) is 4.90 Å². The fourth-order valence-electron chi connectivity index (χ4n) is 3.28. The first-order valence-corrected chi connectivity index (χ1v) is 8.29. The average molecular weight is 279 g/mol. The lowest BCUT2D eigenvalue weighted by molar-refractivity contribution is -0.117. The van der Waals surface area contributed by atoms with Crippen molar-refractivity contribution in [2.45, 2.75) is 26.3 Å². The SMILES string of the molecule is Cc1ccc(N2C(=O)C[C@@H]3CS(=O)(=O)C[C@H]32)c(C)c1. The molecule has 2 atom stereocenters. The Morgan fingerprint density at radius 3 is 2.63 bits per heavy atom. The summed E-state index contributed by atoms with van der Waals surface area (Å²) in [5.74, 6) is 0.289. The number of nitrogens with zero attached hydrogens (tertiary/aromatic N) is 1. The molecule has 5 heteroatoms. The highest BCUT2D eigenvalue weighted by atomic mass is 32.2. The summed E-state index contributed by atoms with van der Waals surface area (Å²) in [5, 5.41) is 0. The summed E-state index contributed by atoms with van der Waals surface area (Å²) in [6.45, 7) is 3.97. The van der Waals surface area contributed by atoms with Gasteiger partial charge in [0.15, 0.2) is 9.84 Å². The maximum atomic E-state index is 12.2. The van der Waals surface area contributed by atoms with Crippen LogP contribution in [-0.2, 0) is 14.6 Å². The fourth-order valence-corrected chi connectivity index (χ4v) is 5.35. The molecule has 0 spiro atoms. The monoisotopic (exact) mass is 279 g/mol. The van der Waals surface area contributed by atoms with Gasteiger partial charge in [0.2, 0.25) is 5.91 Å². The van der Waals surface area contributed by atoms with Crippen LogP contribution in [0, 0.1) is 19.8 Å². The van der Waals surface area contributed by atoms with Gasteiger partial charge in [-0.2, -0.15) is 0 Å². The predicted octanol–water partition coefficient (Wildman–Crippen LogP) is 1.45.